The monoisotopic (exact) mass is 205 g/mol. The zero-order valence-electron chi connectivity index (χ0n) is 8.95. The van der Waals surface area contributed by atoms with Gasteiger partial charge in [-0.3, -0.25) is 5.10 Å². The van der Waals surface area contributed by atoms with E-state index in [2.05, 4.69) is 22.4 Å². The number of nitrogens with one attached hydrogen (secondary N) is 2. The third-order valence-corrected chi connectivity index (χ3v) is 2.36. The molecule has 0 spiro atoms. The van der Waals surface area contributed by atoms with Gasteiger partial charge in [0.05, 0.1) is 12.2 Å². The molecule has 0 saturated carbocycles. The first-order chi connectivity index (χ1) is 7.25. The van der Waals surface area contributed by atoms with Gasteiger partial charge in [0, 0.05) is 18.3 Å². The van der Waals surface area contributed by atoms with Gasteiger partial charge >= 0.3 is 0 Å². The van der Waals surface area contributed by atoms with Gasteiger partial charge in [-0.05, 0) is 26.0 Å². The summed E-state index contributed by atoms with van der Waals surface area (Å²) < 4.78 is 5.53. The Morgan fingerprint density at radius 1 is 1.53 bits per heavy atom. The third kappa shape index (κ3) is 2.47. The van der Waals surface area contributed by atoms with Crippen LogP contribution in [-0.2, 0) is 6.54 Å². The zero-order valence-corrected chi connectivity index (χ0v) is 8.95. The standard InChI is InChI=1S/C11H15N3O/c1-8-3-4-11(15-8)9(2)12-5-10-6-13-14-7-10/h3-4,6-7,9,12H,5H2,1-2H3,(H,13,14). The SMILES string of the molecule is Cc1ccc(C(C)NCc2cn[nH]c2)o1. The van der Waals surface area contributed by atoms with E-state index in [1.165, 1.54) is 0 Å². The summed E-state index contributed by atoms with van der Waals surface area (Å²) in [6.07, 6.45) is 3.69. The van der Waals surface area contributed by atoms with Crippen LogP contribution in [-0.4, -0.2) is 10.2 Å². The minimum atomic E-state index is 0.216. The fourth-order valence-electron chi connectivity index (χ4n) is 1.43. The van der Waals surface area contributed by atoms with Gasteiger partial charge in [0.1, 0.15) is 11.5 Å². The Kier molecular flexibility index (Phi) is 2.87. The number of H-pyrrole nitrogens is 1. The maximum atomic E-state index is 5.53. The summed E-state index contributed by atoms with van der Waals surface area (Å²) in [4.78, 5) is 0. The molecule has 0 amide bonds. The van der Waals surface area contributed by atoms with E-state index in [9.17, 15) is 0 Å². The van der Waals surface area contributed by atoms with Crippen molar-refractivity contribution in [2.45, 2.75) is 26.4 Å². The van der Waals surface area contributed by atoms with E-state index < -0.39 is 0 Å². The molecular weight excluding hydrogens is 190 g/mol. The molecule has 0 aliphatic carbocycles. The number of hydrogen-bond acceptors (Lipinski definition) is 3. The average molecular weight is 205 g/mol. The van der Waals surface area contributed by atoms with E-state index in [0.29, 0.717) is 0 Å². The lowest BCUT2D eigenvalue weighted by Crippen LogP contribution is -2.17. The van der Waals surface area contributed by atoms with Gasteiger partial charge in [-0.1, -0.05) is 0 Å². The van der Waals surface area contributed by atoms with Crippen molar-refractivity contribution in [3.05, 3.63) is 41.6 Å². The van der Waals surface area contributed by atoms with Crippen molar-refractivity contribution in [2.75, 3.05) is 0 Å². The van der Waals surface area contributed by atoms with Crippen LogP contribution in [0.2, 0.25) is 0 Å². The van der Waals surface area contributed by atoms with Gasteiger partial charge < -0.3 is 9.73 Å². The predicted molar refractivity (Wildman–Crippen MR) is 57.3 cm³/mol. The number of rotatable bonds is 4. The second-order valence-corrected chi connectivity index (χ2v) is 3.66. The van der Waals surface area contributed by atoms with Crippen LogP contribution in [0.15, 0.2) is 28.9 Å². The highest BCUT2D eigenvalue weighted by molar-refractivity contribution is 5.10. The molecule has 0 aromatic carbocycles. The Morgan fingerprint density at radius 3 is 3.00 bits per heavy atom. The molecule has 0 aliphatic heterocycles. The van der Waals surface area contributed by atoms with E-state index in [1.54, 1.807) is 0 Å². The highest BCUT2D eigenvalue weighted by Gasteiger charge is 2.08. The first-order valence-corrected chi connectivity index (χ1v) is 5.03. The van der Waals surface area contributed by atoms with Crippen molar-refractivity contribution in [1.82, 2.24) is 15.5 Å². The van der Waals surface area contributed by atoms with Crippen molar-refractivity contribution in [1.29, 1.82) is 0 Å². The molecule has 2 N–H and O–H groups in total. The minimum absolute atomic E-state index is 0.216. The number of aryl methyl sites for hydroxylation is 1. The summed E-state index contributed by atoms with van der Waals surface area (Å²) in [5, 5.41) is 10.0. The second kappa shape index (κ2) is 4.31. The molecule has 0 aliphatic rings. The summed E-state index contributed by atoms with van der Waals surface area (Å²) in [5.74, 6) is 1.91. The Labute approximate surface area is 88.7 Å². The second-order valence-electron chi connectivity index (χ2n) is 3.66. The molecule has 4 nitrogen and oxygen atoms in total. The van der Waals surface area contributed by atoms with Gasteiger partial charge in [-0.15, -0.1) is 0 Å². The van der Waals surface area contributed by atoms with Crippen molar-refractivity contribution in [3.63, 3.8) is 0 Å². The quantitative estimate of drug-likeness (QED) is 0.804. The van der Waals surface area contributed by atoms with Crippen molar-refractivity contribution in [2.24, 2.45) is 0 Å². The molecule has 4 heteroatoms. The maximum absolute atomic E-state index is 5.53. The molecule has 0 radical (unpaired) electrons. The number of hydrogen-bond donors (Lipinski definition) is 2. The first-order valence-electron chi connectivity index (χ1n) is 5.03. The molecule has 2 aromatic rings. The van der Waals surface area contributed by atoms with Crippen LogP contribution < -0.4 is 5.32 Å². The van der Waals surface area contributed by atoms with Crippen molar-refractivity contribution >= 4 is 0 Å². The molecule has 1 unspecified atom stereocenters. The summed E-state index contributed by atoms with van der Waals surface area (Å²) in [6, 6.07) is 4.20. The summed E-state index contributed by atoms with van der Waals surface area (Å²) in [6.45, 7) is 4.82. The number of aromatic nitrogens is 2. The van der Waals surface area contributed by atoms with Gasteiger partial charge in [-0.2, -0.15) is 5.10 Å². The number of nitrogens with zero attached hydrogens (tertiary/aromatic N) is 1. The number of aromatic amines is 1. The maximum Gasteiger partial charge on any atom is 0.120 e. The Morgan fingerprint density at radius 2 is 2.40 bits per heavy atom. The molecule has 2 aromatic heterocycles. The van der Waals surface area contributed by atoms with Crippen LogP contribution >= 0.6 is 0 Å². The molecule has 0 saturated heterocycles. The smallest absolute Gasteiger partial charge is 0.120 e. The lowest BCUT2D eigenvalue weighted by Gasteiger charge is -2.09. The van der Waals surface area contributed by atoms with Crippen LogP contribution in [0.5, 0.6) is 0 Å². The summed E-state index contributed by atoms with van der Waals surface area (Å²) >= 11 is 0. The van der Waals surface area contributed by atoms with E-state index in [0.717, 1.165) is 23.6 Å². The zero-order chi connectivity index (χ0) is 10.7. The molecule has 1 atom stereocenters. The van der Waals surface area contributed by atoms with Gasteiger partial charge in [0.15, 0.2) is 0 Å². The average Bonchev–Trinajstić information content (AvgIpc) is 2.84. The molecule has 15 heavy (non-hydrogen) atoms. The van der Waals surface area contributed by atoms with Crippen LogP contribution in [0.1, 0.15) is 30.0 Å². The predicted octanol–water partition coefficient (Wildman–Crippen LogP) is 2.16. The lowest BCUT2D eigenvalue weighted by molar-refractivity contribution is 0.416. The molecular formula is C11H15N3O. The Hall–Kier alpha value is -1.55. The lowest BCUT2D eigenvalue weighted by atomic mass is 10.2. The van der Waals surface area contributed by atoms with E-state index >= 15 is 0 Å². The summed E-state index contributed by atoms with van der Waals surface area (Å²) in [7, 11) is 0. The highest BCUT2D eigenvalue weighted by Crippen LogP contribution is 2.15. The topological polar surface area (TPSA) is 53.9 Å². The molecule has 2 heterocycles. The first kappa shape index (κ1) is 9.98. The molecule has 80 valence electrons. The van der Waals surface area contributed by atoms with Crippen LogP contribution in [0.3, 0.4) is 0 Å². The molecule has 0 bridgehead atoms. The number of furan rings is 1. The van der Waals surface area contributed by atoms with Gasteiger partial charge in [0.2, 0.25) is 0 Å². The fraction of sp³-hybridized carbons (Fsp3) is 0.364. The van der Waals surface area contributed by atoms with Gasteiger partial charge in [-0.25, -0.2) is 0 Å². The molecule has 2 rings (SSSR count). The van der Waals surface area contributed by atoms with Gasteiger partial charge in [0.25, 0.3) is 0 Å². The van der Waals surface area contributed by atoms with Crippen LogP contribution in [0, 0.1) is 6.92 Å². The van der Waals surface area contributed by atoms with Crippen molar-refractivity contribution < 1.29 is 4.42 Å². The van der Waals surface area contributed by atoms with Crippen LogP contribution in [0.4, 0.5) is 0 Å². The van der Waals surface area contributed by atoms with Crippen LogP contribution in [0.25, 0.3) is 0 Å². The normalized spacial score (nSPS) is 12.9. The fourth-order valence-corrected chi connectivity index (χ4v) is 1.43. The summed E-state index contributed by atoms with van der Waals surface area (Å²) in [5.41, 5.74) is 1.14. The third-order valence-electron chi connectivity index (χ3n) is 2.36. The van der Waals surface area contributed by atoms with E-state index in [4.69, 9.17) is 4.42 Å². The minimum Gasteiger partial charge on any atom is -0.465 e. The Balaban J connectivity index is 1.90. The molecule has 0 fully saturated rings. The van der Waals surface area contributed by atoms with E-state index in [1.807, 2.05) is 31.5 Å². The van der Waals surface area contributed by atoms with E-state index in [-0.39, 0.29) is 6.04 Å². The largest absolute Gasteiger partial charge is 0.465 e. The van der Waals surface area contributed by atoms with Crippen molar-refractivity contribution in [3.8, 4) is 0 Å². The highest BCUT2D eigenvalue weighted by atomic mass is 16.3. The Bertz CT molecular complexity index is 405.